The van der Waals surface area contributed by atoms with Gasteiger partial charge in [-0.2, -0.15) is 0 Å². The number of aryl methyl sites for hydroxylation is 2. The monoisotopic (exact) mass is 372 g/mol. The number of nitrogens with one attached hydrogen (secondary N) is 2. The Kier molecular flexibility index (Phi) is 8.77. The fourth-order valence-electron chi connectivity index (χ4n) is 2.69. The number of benzene rings is 1. The Morgan fingerprint density at radius 1 is 1.15 bits per heavy atom. The van der Waals surface area contributed by atoms with Crippen LogP contribution in [0.15, 0.2) is 29.3 Å². The lowest BCUT2D eigenvalue weighted by Crippen LogP contribution is -2.38. The molecule has 27 heavy (non-hydrogen) atoms. The number of hydrogen-bond acceptors (Lipinski definition) is 4. The fourth-order valence-corrected chi connectivity index (χ4v) is 2.69. The van der Waals surface area contributed by atoms with Crippen molar-refractivity contribution in [3.05, 3.63) is 47.0 Å². The van der Waals surface area contributed by atoms with Crippen molar-refractivity contribution in [2.45, 2.75) is 46.7 Å². The van der Waals surface area contributed by atoms with Crippen LogP contribution >= 0.6 is 0 Å². The van der Waals surface area contributed by atoms with Crippen LogP contribution in [0.5, 0.6) is 0 Å². The predicted octanol–water partition coefficient (Wildman–Crippen LogP) is 2.35. The zero-order valence-electron chi connectivity index (χ0n) is 17.0. The molecule has 148 valence electrons. The van der Waals surface area contributed by atoms with Crippen molar-refractivity contribution < 1.29 is 4.74 Å². The van der Waals surface area contributed by atoms with Crippen LogP contribution in [0.4, 0.5) is 0 Å². The molecule has 0 amide bonds. The minimum Gasteiger partial charge on any atom is -0.382 e. The van der Waals surface area contributed by atoms with Gasteiger partial charge in [0, 0.05) is 26.8 Å². The minimum atomic E-state index is 0.573. The van der Waals surface area contributed by atoms with Gasteiger partial charge in [-0.3, -0.25) is 0 Å². The van der Waals surface area contributed by atoms with Crippen molar-refractivity contribution in [1.82, 2.24) is 25.4 Å². The Morgan fingerprint density at radius 3 is 2.59 bits per heavy atom. The molecule has 7 nitrogen and oxygen atoms in total. The second kappa shape index (κ2) is 11.3. The van der Waals surface area contributed by atoms with Gasteiger partial charge in [0.05, 0.1) is 13.1 Å². The van der Waals surface area contributed by atoms with Gasteiger partial charge in [0.25, 0.3) is 0 Å². The molecule has 0 spiro atoms. The second-order valence-corrected chi connectivity index (χ2v) is 6.34. The van der Waals surface area contributed by atoms with Gasteiger partial charge in [0.15, 0.2) is 11.8 Å². The summed E-state index contributed by atoms with van der Waals surface area (Å²) >= 11 is 0. The quantitative estimate of drug-likeness (QED) is 0.380. The highest BCUT2D eigenvalue weighted by atomic mass is 16.5. The first-order valence-electron chi connectivity index (χ1n) is 9.67. The maximum absolute atomic E-state index is 5.40. The zero-order chi connectivity index (χ0) is 19.5. The topological polar surface area (TPSA) is 76.4 Å². The van der Waals surface area contributed by atoms with Crippen LogP contribution in [0.3, 0.4) is 0 Å². The normalized spacial score (nSPS) is 11.6. The Hall–Kier alpha value is -2.41. The molecule has 7 heteroatoms. The van der Waals surface area contributed by atoms with Gasteiger partial charge in [-0.1, -0.05) is 31.2 Å². The molecule has 0 atom stereocenters. The summed E-state index contributed by atoms with van der Waals surface area (Å²) in [6, 6.07) is 8.44. The third kappa shape index (κ3) is 6.67. The molecule has 2 N–H and O–H groups in total. The first kappa shape index (κ1) is 20.9. The second-order valence-electron chi connectivity index (χ2n) is 6.34. The van der Waals surface area contributed by atoms with Crippen molar-refractivity contribution in [3.8, 4) is 0 Å². The lowest BCUT2D eigenvalue weighted by Gasteiger charge is -2.13. The Balaban J connectivity index is 2.00. The van der Waals surface area contributed by atoms with E-state index < -0.39 is 0 Å². The average molecular weight is 373 g/mol. The van der Waals surface area contributed by atoms with Crippen LogP contribution in [0, 0.1) is 6.92 Å². The van der Waals surface area contributed by atoms with Crippen LogP contribution in [-0.4, -0.2) is 40.5 Å². The van der Waals surface area contributed by atoms with Crippen molar-refractivity contribution in [1.29, 1.82) is 0 Å². The minimum absolute atomic E-state index is 0.573. The number of hydrogen-bond donors (Lipinski definition) is 2. The summed E-state index contributed by atoms with van der Waals surface area (Å²) in [6.07, 6.45) is 1.94. The van der Waals surface area contributed by atoms with Crippen molar-refractivity contribution in [2.24, 2.45) is 12.0 Å². The fraction of sp³-hybridized carbons (Fsp3) is 0.550. The van der Waals surface area contributed by atoms with E-state index in [2.05, 4.69) is 52.0 Å². The lowest BCUT2D eigenvalue weighted by atomic mass is 10.1. The molecule has 0 radical (unpaired) electrons. The SMILES string of the molecule is CCOCCCNC(=NCc1ccccc1CC)NCc1nnc(C)n1C. The Bertz CT molecular complexity index is 725. The summed E-state index contributed by atoms with van der Waals surface area (Å²) in [4.78, 5) is 4.77. The van der Waals surface area contributed by atoms with E-state index in [-0.39, 0.29) is 0 Å². The highest BCUT2D eigenvalue weighted by Gasteiger charge is 2.07. The summed E-state index contributed by atoms with van der Waals surface area (Å²) in [5.41, 5.74) is 2.59. The molecular formula is C20H32N6O. The standard InChI is InChI=1S/C20H32N6O/c1-5-17-10-7-8-11-18(17)14-22-20(21-12-9-13-27-6-2)23-15-19-25-24-16(3)26(19)4/h7-8,10-11H,5-6,9,12-15H2,1-4H3,(H2,21,22,23). The van der Waals surface area contributed by atoms with Crippen LogP contribution in [-0.2, 0) is 31.3 Å². The van der Waals surface area contributed by atoms with Gasteiger partial charge in [-0.05, 0) is 37.8 Å². The molecule has 0 unspecified atom stereocenters. The number of nitrogens with zero attached hydrogens (tertiary/aromatic N) is 4. The molecule has 2 rings (SSSR count). The molecule has 0 bridgehead atoms. The molecule has 1 aromatic carbocycles. The highest BCUT2D eigenvalue weighted by Crippen LogP contribution is 2.10. The molecule has 0 saturated carbocycles. The van der Waals surface area contributed by atoms with Crippen LogP contribution in [0.1, 0.15) is 43.0 Å². The summed E-state index contributed by atoms with van der Waals surface area (Å²) in [7, 11) is 1.97. The first-order valence-corrected chi connectivity index (χ1v) is 9.67. The van der Waals surface area contributed by atoms with Gasteiger partial charge >= 0.3 is 0 Å². The molecule has 0 aliphatic heterocycles. The van der Waals surface area contributed by atoms with E-state index in [4.69, 9.17) is 9.73 Å². The number of rotatable bonds is 10. The summed E-state index contributed by atoms with van der Waals surface area (Å²) in [6.45, 7) is 9.64. The third-order valence-corrected chi connectivity index (χ3v) is 4.47. The Morgan fingerprint density at radius 2 is 1.93 bits per heavy atom. The third-order valence-electron chi connectivity index (χ3n) is 4.47. The highest BCUT2D eigenvalue weighted by molar-refractivity contribution is 5.79. The van der Waals surface area contributed by atoms with Gasteiger partial charge in [-0.25, -0.2) is 4.99 Å². The van der Waals surface area contributed by atoms with E-state index in [1.807, 2.05) is 25.5 Å². The van der Waals surface area contributed by atoms with Crippen molar-refractivity contribution in [2.75, 3.05) is 19.8 Å². The van der Waals surface area contributed by atoms with Gasteiger partial charge < -0.3 is 19.9 Å². The van der Waals surface area contributed by atoms with Gasteiger partial charge in [0.1, 0.15) is 5.82 Å². The predicted molar refractivity (Wildman–Crippen MR) is 109 cm³/mol. The molecule has 0 saturated heterocycles. The molecule has 1 heterocycles. The molecule has 1 aromatic heterocycles. The first-order chi connectivity index (χ1) is 13.2. The largest absolute Gasteiger partial charge is 0.382 e. The van der Waals surface area contributed by atoms with Gasteiger partial charge in [0.2, 0.25) is 0 Å². The number of aromatic nitrogens is 3. The molecule has 0 fully saturated rings. The van der Waals surface area contributed by atoms with Crippen molar-refractivity contribution in [3.63, 3.8) is 0 Å². The number of guanidine groups is 1. The molecule has 2 aromatic rings. The van der Waals surface area contributed by atoms with Crippen LogP contribution in [0.25, 0.3) is 0 Å². The number of ether oxygens (including phenoxy) is 1. The molecule has 0 aliphatic carbocycles. The van der Waals surface area contributed by atoms with Crippen LogP contribution < -0.4 is 10.6 Å². The maximum atomic E-state index is 5.40. The molecule has 0 aliphatic rings. The van der Waals surface area contributed by atoms with Gasteiger partial charge in [-0.15, -0.1) is 10.2 Å². The van der Waals surface area contributed by atoms with E-state index >= 15 is 0 Å². The lowest BCUT2D eigenvalue weighted by molar-refractivity contribution is 0.145. The Labute approximate surface area is 162 Å². The summed E-state index contributed by atoms with van der Waals surface area (Å²) in [5.74, 6) is 2.55. The smallest absolute Gasteiger partial charge is 0.191 e. The summed E-state index contributed by atoms with van der Waals surface area (Å²) < 4.78 is 7.38. The van der Waals surface area contributed by atoms with E-state index in [1.54, 1.807) is 0 Å². The van der Waals surface area contributed by atoms with E-state index in [9.17, 15) is 0 Å². The van der Waals surface area contributed by atoms with E-state index in [1.165, 1.54) is 11.1 Å². The zero-order valence-corrected chi connectivity index (χ0v) is 17.0. The van der Waals surface area contributed by atoms with Crippen LogP contribution in [0.2, 0.25) is 0 Å². The van der Waals surface area contributed by atoms with Crippen molar-refractivity contribution >= 4 is 5.96 Å². The summed E-state index contributed by atoms with van der Waals surface area (Å²) in [5, 5.41) is 15.1. The number of aliphatic imine (C=N–C) groups is 1. The average Bonchev–Trinajstić information content (AvgIpc) is 3.01. The van der Waals surface area contributed by atoms with E-state index in [0.29, 0.717) is 13.1 Å². The van der Waals surface area contributed by atoms with E-state index in [0.717, 1.165) is 50.2 Å². The molecular weight excluding hydrogens is 340 g/mol. The maximum Gasteiger partial charge on any atom is 0.191 e.